The summed E-state index contributed by atoms with van der Waals surface area (Å²) in [5.41, 5.74) is 2.41. The van der Waals surface area contributed by atoms with Crippen LogP contribution in [0.15, 0.2) is 30.5 Å². The highest BCUT2D eigenvalue weighted by Gasteiger charge is 2.34. The molecule has 2 aliphatic heterocycles. The van der Waals surface area contributed by atoms with Crippen molar-refractivity contribution in [3.63, 3.8) is 0 Å². The molecule has 25 heavy (non-hydrogen) atoms. The van der Waals surface area contributed by atoms with E-state index in [1.54, 1.807) is 11.3 Å². The Labute approximate surface area is 155 Å². The fourth-order valence-corrected chi connectivity index (χ4v) is 5.10. The van der Waals surface area contributed by atoms with Crippen LogP contribution < -0.4 is 9.80 Å². The maximum Gasteiger partial charge on any atom is 0.251 e. The predicted molar refractivity (Wildman–Crippen MR) is 103 cm³/mol. The van der Waals surface area contributed by atoms with Crippen LogP contribution >= 0.6 is 23.1 Å². The van der Waals surface area contributed by atoms with Gasteiger partial charge in [-0.3, -0.25) is 0 Å². The molecule has 0 saturated carbocycles. The second kappa shape index (κ2) is 7.11. The average molecular weight is 382 g/mol. The van der Waals surface area contributed by atoms with Crippen molar-refractivity contribution in [1.82, 2.24) is 4.98 Å². The molecule has 0 unspecified atom stereocenters. The molecule has 0 spiro atoms. The summed E-state index contributed by atoms with van der Waals surface area (Å²) in [5.74, 6) is -0.136. The maximum absolute atomic E-state index is 13.3. The second-order valence-electron chi connectivity index (χ2n) is 6.50. The van der Waals surface area contributed by atoms with Crippen molar-refractivity contribution in [2.45, 2.75) is 18.8 Å². The molecule has 0 bridgehead atoms. The maximum atomic E-state index is 13.3. The van der Waals surface area contributed by atoms with Crippen molar-refractivity contribution in [3.05, 3.63) is 30.5 Å². The topological polar surface area (TPSA) is 19.4 Å². The van der Waals surface area contributed by atoms with Crippen LogP contribution in [0.25, 0.3) is 10.4 Å². The lowest BCUT2D eigenvalue weighted by atomic mass is 10.1. The van der Waals surface area contributed by atoms with Crippen LogP contribution in [0.4, 0.5) is 19.6 Å². The van der Waals surface area contributed by atoms with Gasteiger partial charge in [-0.1, -0.05) is 23.5 Å². The Hall–Kier alpha value is -1.34. The monoisotopic (exact) mass is 381 g/mol. The molecule has 2 fully saturated rings. The van der Waals surface area contributed by atoms with E-state index in [0.717, 1.165) is 28.7 Å². The highest BCUT2D eigenvalue weighted by atomic mass is 32.2. The van der Waals surface area contributed by atoms with Crippen molar-refractivity contribution in [3.8, 4) is 10.4 Å². The molecule has 2 aromatic rings. The van der Waals surface area contributed by atoms with Crippen LogP contribution in [-0.4, -0.2) is 48.6 Å². The highest BCUT2D eigenvalue weighted by Crippen LogP contribution is 2.36. The molecule has 134 valence electrons. The van der Waals surface area contributed by atoms with Gasteiger partial charge in [0.25, 0.3) is 5.92 Å². The van der Waals surface area contributed by atoms with Crippen LogP contribution in [0.2, 0.25) is 0 Å². The number of thiazole rings is 1. The summed E-state index contributed by atoms with van der Waals surface area (Å²) in [6.45, 7) is 2.97. The third-order valence-electron chi connectivity index (χ3n) is 4.79. The van der Waals surface area contributed by atoms with Crippen LogP contribution in [0.5, 0.6) is 0 Å². The Balaban J connectivity index is 1.45. The van der Waals surface area contributed by atoms with E-state index in [9.17, 15) is 8.78 Å². The lowest BCUT2D eigenvalue weighted by Crippen LogP contribution is -2.39. The van der Waals surface area contributed by atoms with Gasteiger partial charge in [-0.2, -0.15) is 11.8 Å². The molecular weight excluding hydrogens is 360 g/mol. The van der Waals surface area contributed by atoms with Crippen molar-refractivity contribution in [1.29, 1.82) is 0 Å². The number of nitrogens with zero attached hydrogens (tertiary/aromatic N) is 3. The van der Waals surface area contributed by atoms with E-state index >= 15 is 0 Å². The summed E-state index contributed by atoms with van der Waals surface area (Å²) in [6.07, 6.45) is 1.70. The number of rotatable bonds is 3. The number of hydrogen-bond acceptors (Lipinski definition) is 5. The molecule has 2 saturated heterocycles. The number of thioether (sulfide) groups is 1. The van der Waals surface area contributed by atoms with E-state index < -0.39 is 5.92 Å². The van der Waals surface area contributed by atoms with E-state index in [0.29, 0.717) is 13.1 Å². The molecule has 0 N–H and O–H groups in total. The molecule has 0 amide bonds. The fraction of sp³-hybridized carbons (Fsp3) is 0.500. The van der Waals surface area contributed by atoms with Gasteiger partial charge in [0.15, 0.2) is 5.13 Å². The molecule has 2 aliphatic rings. The first kappa shape index (κ1) is 17.1. The highest BCUT2D eigenvalue weighted by molar-refractivity contribution is 7.99. The first-order valence-electron chi connectivity index (χ1n) is 8.62. The molecule has 1 aromatic carbocycles. The van der Waals surface area contributed by atoms with Gasteiger partial charge in [0.05, 0.1) is 4.88 Å². The van der Waals surface area contributed by atoms with Gasteiger partial charge >= 0.3 is 0 Å². The zero-order valence-electron chi connectivity index (χ0n) is 14.0. The Bertz CT molecular complexity index is 701. The molecule has 1 aromatic heterocycles. The van der Waals surface area contributed by atoms with Crippen molar-refractivity contribution >= 4 is 33.9 Å². The third-order valence-corrected chi connectivity index (χ3v) is 6.84. The smallest absolute Gasteiger partial charge is 0.251 e. The van der Waals surface area contributed by atoms with Gasteiger partial charge in [-0.05, 0) is 17.7 Å². The van der Waals surface area contributed by atoms with Gasteiger partial charge in [0.2, 0.25) is 0 Å². The molecular formula is C18H21F2N3S2. The molecule has 3 nitrogen and oxygen atoms in total. The molecule has 0 aliphatic carbocycles. The van der Waals surface area contributed by atoms with Crippen LogP contribution in [0.3, 0.4) is 0 Å². The summed E-state index contributed by atoms with van der Waals surface area (Å²) in [6, 6.07) is 8.62. The van der Waals surface area contributed by atoms with Crippen LogP contribution in [0.1, 0.15) is 12.8 Å². The average Bonchev–Trinajstić information content (AvgIpc) is 3.13. The molecule has 7 heteroatoms. The lowest BCUT2D eigenvalue weighted by molar-refractivity contribution is -0.0220. The summed E-state index contributed by atoms with van der Waals surface area (Å²) >= 11 is 3.60. The van der Waals surface area contributed by atoms with E-state index in [1.807, 2.05) is 22.9 Å². The van der Waals surface area contributed by atoms with Crippen LogP contribution in [-0.2, 0) is 0 Å². The number of benzene rings is 1. The Kier molecular flexibility index (Phi) is 4.86. The van der Waals surface area contributed by atoms with E-state index in [-0.39, 0.29) is 12.8 Å². The largest absolute Gasteiger partial charge is 0.370 e. The molecule has 0 atom stereocenters. The molecule has 0 radical (unpaired) electrons. The zero-order chi connectivity index (χ0) is 17.3. The normalized spacial score (nSPS) is 20.7. The summed E-state index contributed by atoms with van der Waals surface area (Å²) in [4.78, 5) is 9.95. The first-order valence-corrected chi connectivity index (χ1v) is 10.6. The number of anilines is 2. The standard InChI is InChI=1S/C18H21F2N3S2/c19-18(20)5-7-23(8-6-18)17-21-13-16(25-17)14-1-3-15(4-2-14)22-9-11-24-12-10-22/h1-4,13H,5-12H2. The minimum absolute atomic E-state index is 0.0786. The van der Waals surface area contributed by atoms with Crippen molar-refractivity contribution in [2.75, 3.05) is 47.5 Å². The van der Waals surface area contributed by atoms with Crippen LogP contribution in [0, 0.1) is 0 Å². The minimum Gasteiger partial charge on any atom is -0.370 e. The number of alkyl halides is 2. The second-order valence-corrected chi connectivity index (χ2v) is 8.73. The van der Waals surface area contributed by atoms with Crippen molar-refractivity contribution < 1.29 is 8.78 Å². The zero-order valence-corrected chi connectivity index (χ0v) is 15.6. The number of aromatic nitrogens is 1. The van der Waals surface area contributed by atoms with Gasteiger partial charge in [0.1, 0.15) is 0 Å². The van der Waals surface area contributed by atoms with Gasteiger partial charge in [-0.25, -0.2) is 13.8 Å². The summed E-state index contributed by atoms with van der Waals surface area (Å²) in [7, 11) is 0. The quantitative estimate of drug-likeness (QED) is 0.774. The predicted octanol–water partition coefficient (Wildman–Crippen LogP) is 4.60. The van der Waals surface area contributed by atoms with E-state index in [1.165, 1.54) is 17.2 Å². The van der Waals surface area contributed by atoms with Gasteiger partial charge < -0.3 is 9.80 Å². The van der Waals surface area contributed by atoms with Gasteiger partial charge in [-0.15, -0.1) is 0 Å². The summed E-state index contributed by atoms with van der Waals surface area (Å²) < 4.78 is 26.6. The first-order chi connectivity index (χ1) is 12.1. The van der Waals surface area contributed by atoms with Crippen molar-refractivity contribution in [2.24, 2.45) is 0 Å². The Morgan fingerprint density at radius 2 is 1.60 bits per heavy atom. The lowest BCUT2D eigenvalue weighted by Gasteiger charge is -2.31. The molecule has 4 rings (SSSR count). The SMILES string of the molecule is FC1(F)CCN(c2ncc(-c3ccc(N4CCSCC4)cc3)s2)CC1. The Morgan fingerprint density at radius 1 is 0.920 bits per heavy atom. The fourth-order valence-electron chi connectivity index (χ4n) is 3.23. The molecule has 3 heterocycles. The summed E-state index contributed by atoms with van der Waals surface area (Å²) in [5, 5.41) is 0.850. The Morgan fingerprint density at radius 3 is 2.28 bits per heavy atom. The number of hydrogen-bond donors (Lipinski definition) is 0. The third kappa shape index (κ3) is 3.92. The van der Waals surface area contributed by atoms with Gasteiger partial charge in [0, 0.05) is 62.4 Å². The van der Waals surface area contributed by atoms with E-state index in [2.05, 4.69) is 34.1 Å². The van der Waals surface area contributed by atoms with E-state index in [4.69, 9.17) is 0 Å². The number of halogens is 2. The minimum atomic E-state index is -2.51. The number of piperidine rings is 1.